The topological polar surface area (TPSA) is 33.1 Å². The molecule has 1 atom stereocenters. The highest BCUT2D eigenvalue weighted by Gasteiger charge is 2.21. The third-order valence-electron chi connectivity index (χ3n) is 3.93. The summed E-state index contributed by atoms with van der Waals surface area (Å²) in [4.78, 5) is 6.93. The predicted octanol–water partition coefficient (Wildman–Crippen LogP) is 1.66. The molecular formula is C14H26N4. The van der Waals surface area contributed by atoms with Crippen LogP contribution in [0.25, 0.3) is 0 Å². The van der Waals surface area contributed by atoms with Crippen LogP contribution in [0.3, 0.4) is 0 Å². The molecule has 0 amide bonds. The molecule has 1 unspecified atom stereocenters. The zero-order valence-electron chi connectivity index (χ0n) is 11.7. The van der Waals surface area contributed by atoms with Crippen molar-refractivity contribution in [3.63, 3.8) is 0 Å². The highest BCUT2D eigenvalue weighted by Crippen LogP contribution is 2.16. The number of aromatic nitrogens is 2. The predicted molar refractivity (Wildman–Crippen MR) is 74.7 cm³/mol. The minimum atomic E-state index is 0.725. The van der Waals surface area contributed by atoms with Crippen LogP contribution in [0.15, 0.2) is 12.4 Å². The van der Waals surface area contributed by atoms with Crippen molar-refractivity contribution in [2.24, 2.45) is 0 Å². The molecule has 0 aromatic carbocycles. The van der Waals surface area contributed by atoms with Crippen molar-refractivity contribution in [2.45, 2.75) is 45.7 Å². The monoisotopic (exact) mass is 250 g/mol. The van der Waals surface area contributed by atoms with Gasteiger partial charge in [-0.2, -0.15) is 0 Å². The molecule has 0 radical (unpaired) electrons. The second-order valence-corrected chi connectivity index (χ2v) is 5.16. The van der Waals surface area contributed by atoms with E-state index >= 15 is 0 Å². The molecule has 1 N–H and O–H groups in total. The van der Waals surface area contributed by atoms with E-state index in [-0.39, 0.29) is 0 Å². The number of nitrogens with one attached hydrogen (secondary N) is 1. The van der Waals surface area contributed by atoms with Crippen molar-refractivity contribution in [1.29, 1.82) is 0 Å². The molecule has 4 heteroatoms. The minimum Gasteiger partial charge on any atom is -0.334 e. The highest BCUT2D eigenvalue weighted by molar-refractivity contribution is 4.89. The molecule has 0 spiro atoms. The van der Waals surface area contributed by atoms with Crippen LogP contribution in [-0.4, -0.2) is 46.7 Å². The van der Waals surface area contributed by atoms with Crippen LogP contribution in [0.5, 0.6) is 0 Å². The van der Waals surface area contributed by atoms with Crippen LogP contribution in [0.2, 0.25) is 0 Å². The maximum atomic E-state index is 4.28. The molecule has 2 rings (SSSR count). The van der Waals surface area contributed by atoms with Gasteiger partial charge in [0.25, 0.3) is 0 Å². The number of aryl methyl sites for hydroxylation is 1. The van der Waals surface area contributed by atoms with Crippen LogP contribution < -0.4 is 5.32 Å². The lowest BCUT2D eigenvalue weighted by Gasteiger charge is -2.36. The zero-order chi connectivity index (χ0) is 12.8. The first-order valence-corrected chi connectivity index (χ1v) is 7.23. The molecule has 1 saturated heterocycles. The molecule has 18 heavy (non-hydrogen) atoms. The third-order valence-corrected chi connectivity index (χ3v) is 3.93. The fourth-order valence-electron chi connectivity index (χ4n) is 2.77. The fourth-order valence-corrected chi connectivity index (χ4v) is 2.77. The average Bonchev–Trinajstić information content (AvgIpc) is 2.80. The Morgan fingerprint density at radius 3 is 3.00 bits per heavy atom. The van der Waals surface area contributed by atoms with Crippen LogP contribution in [0.4, 0.5) is 0 Å². The van der Waals surface area contributed by atoms with Crippen LogP contribution >= 0.6 is 0 Å². The molecule has 102 valence electrons. The van der Waals surface area contributed by atoms with E-state index in [0.29, 0.717) is 0 Å². The summed E-state index contributed by atoms with van der Waals surface area (Å²) in [6.45, 7) is 9.93. The number of piperidine rings is 1. The first kappa shape index (κ1) is 13.6. The molecule has 1 aromatic heterocycles. The standard InChI is InChI=1S/C14H26N4/c1-3-15-12-14-6-4-5-8-18(14)11-10-17-9-7-16-13(17)2/h7,9,14-15H,3-6,8,10-12H2,1-2H3. The second kappa shape index (κ2) is 6.90. The Morgan fingerprint density at radius 2 is 2.28 bits per heavy atom. The van der Waals surface area contributed by atoms with Crippen molar-refractivity contribution >= 4 is 0 Å². The molecular weight excluding hydrogens is 224 g/mol. The van der Waals surface area contributed by atoms with E-state index in [2.05, 4.69) is 39.8 Å². The molecule has 1 aliphatic heterocycles. The van der Waals surface area contributed by atoms with Crippen LogP contribution in [-0.2, 0) is 6.54 Å². The van der Waals surface area contributed by atoms with Gasteiger partial charge >= 0.3 is 0 Å². The summed E-state index contributed by atoms with van der Waals surface area (Å²) in [6, 6.07) is 0.725. The minimum absolute atomic E-state index is 0.725. The molecule has 1 aromatic rings. The Kier molecular flexibility index (Phi) is 5.20. The first-order chi connectivity index (χ1) is 8.81. The number of likely N-dealkylation sites (tertiary alicyclic amines) is 1. The summed E-state index contributed by atoms with van der Waals surface area (Å²) in [6.07, 6.45) is 8.05. The largest absolute Gasteiger partial charge is 0.334 e. The average molecular weight is 250 g/mol. The summed E-state index contributed by atoms with van der Waals surface area (Å²) in [5.74, 6) is 1.12. The van der Waals surface area contributed by atoms with Crippen molar-refractivity contribution in [3.8, 4) is 0 Å². The maximum Gasteiger partial charge on any atom is 0.105 e. The zero-order valence-corrected chi connectivity index (χ0v) is 11.7. The van der Waals surface area contributed by atoms with Gasteiger partial charge in [-0.05, 0) is 32.9 Å². The van der Waals surface area contributed by atoms with Crippen molar-refractivity contribution in [3.05, 3.63) is 18.2 Å². The third kappa shape index (κ3) is 3.56. The first-order valence-electron chi connectivity index (χ1n) is 7.23. The van der Waals surface area contributed by atoms with Crippen LogP contribution in [0, 0.1) is 6.92 Å². The Labute approximate surface area is 110 Å². The molecule has 4 nitrogen and oxygen atoms in total. The number of imidazole rings is 1. The molecule has 0 aliphatic carbocycles. The SMILES string of the molecule is CCNCC1CCCCN1CCn1ccnc1C. The van der Waals surface area contributed by atoms with Crippen molar-refractivity contribution < 1.29 is 0 Å². The highest BCUT2D eigenvalue weighted by atomic mass is 15.2. The van der Waals surface area contributed by atoms with Gasteiger partial charge < -0.3 is 9.88 Å². The summed E-state index contributed by atoms with van der Waals surface area (Å²) in [7, 11) is 0. The smallest absolute Gasteiger partial charge is 0.105 e. The summed E-state index contributed by atoms with van der Waals surface area (Å²) in [5.41, 5.74) is 0. The molecule has 0 bridgehead atoms. The van der Waals surface area contributed by atoms with E-state index in [1.54, 1.807) is 0 Å². The molecule has 1 aliphatic rings. The van der Waals surface area contributed by atoms with Crippen molar-refractivity contribution in [1.82, 2.24) is 19.8 Å². The van der Waals surface area contributed by atoms with Gasteiger partial charge in [0.15, 0.2) is 0 Å². The number of rotatable bonds is 6. The van der Waals surface area contributed by atoms with Crippen LogP contribution in [0.1, 0.15) is 32.0 Å². The Balaban J connectivity index is 1.83. The van der Waals surface area contributed by atoms with Gasteiger partial charge in [-0.25, -0.2) is 4.98 Å². The van der Waals surface area contributed by atoms with Gasteiger partial charge in [0.05, 0.1) is 0 Å². The number of nitrogens with zero attached hydrogens (tertiary/aromatic N) is 3. The van der Waals surface area contributed by atoms with Gasteiger partial charge in [-0.1, -0.05) is 13.3 Å². The Hall–Kier alpha value is -0.870. The molecule has 2 heterocycles. The molecule has 0 saturated carbocycles. The lowest BCUT2D eigenvalue weighted by atomic mass is 10.0. The van der Waals surface area contributed by atoms with E-state index in [0.717, 1.165) is 38.0 Å². The molecule has 1 fully saturated rings. The van der Waals surface area contributed by atoms with Gasteiger partial charge in [0, 0.05) is 38.1 Å². The Bertz CT molecular complexity index is 347. The quantitative estimate of drug-likeness (QED) is 0.833. The summed E-state index contributed by atoms with van der Waals surface area (Å²) in [5, 5.41) is 3.49. The second-order valence-electron chi connectivity index (χ2n) is 5.16. The van der Waals surface area contributed by atoms with Crippen molar-refractivity contribution in [2.75, 3.05) is 26.2 Å². The van der Waals surface area contributed by atoms with Gasteiger partial charge in [0.1, 0.15) is 5.82 Å². The van der Waals surface area contributed by atoms with E-state index in [9.17, 15) is 0 Å². The lowest BCUT2D eigenvalue weighted by molar-refractivity contribution is 0.140. The van der Waals surface area contributed by atoms with Gasteiger partial charge in [-0.15, -0.1) is 0 Å². The number of likely N-dealkylation sites (N-methyl/N-ethyl adjacent to an activating group) is 1. The summed E-state index contributed by atoms with van der Waals surface area (Å²) < 4.78 is 2.25. The lowest BCUT2D eigenvalue weighted by Crippen LogP contribution is -2.46. The maximum absolute atomic E-state index is 4.28. The number of hydrogen-bond donors (Lipinski definition) is 1. The fraction of sp³-hybridized carbons (Fsp3) is 0.786. The Morgan fingerprint density at radius 1 is 1.39 bits per heavy atom. The summed E-state index contributed by atoms with van der Waals surface area (Å²) >= 11 is 0. The van der Waals surface area contributed by atoms with E-state index in [1.165, 1.54) is 25.8 Å². The normalized spacial score (nSPS) is 21.3. The van der Waals surface area contributed by atoms with E-state index in [4.69, 9.17) is 0 Å². The van der Waals surface area contributed by atoms with E-state index < -0.39 is 0 Å². The van der Waals surface area contributed by atoms with Gasteiger partial charge in [0.2, 0.25) is 0 Å². The number of hydrogen-bond acceptors (Lipinski definition) is 3. The van der Waals surface area contributed by atoms with Gasteiger partial charge in [-0.3, -0.25) is 4.90 Å². The van der Waals surface area contributed by atoms with E-state index in [1.807, 2.05) is 6.20 Å².